The van der Waals surface area contributed by atoms with Crippen LogP contribution in [-0.2, 0) is 0 Å². The summed E-state index contributed by atoms with van der Waals surface area (Å²) in [6, 6.07) is 10.0. The minimum Gasteiger partial charge on any atom is -0.464 e. The van der Waals surface area contributed by atoms with Crippen LogP contribution < -0.4 is 0 Å². The van der Waals surface area contributed by atoms with Gasteiger partial charge in [-0.3, -0.25) is 4.79 Å². The molecule has 4 rings (SSSR count). The van der Waals surface area contributed by atoms with E-state index in [0.717, 1.165) is 22.2 Å². The zero-order valence-corrected chi connectivity index (χ0v) is 13.2. The van der Waals surface area contributed by atoms with Gasteiger partial charge in [0, 0.05) is 29.1 Å². The predicted molar refractivity (Wildman–Crippen MR) is 91.5 cm³/mol. The summed E-state index contributed by atoms with van der Waals surface area (Å²) in [7, 11) is 0. The number of fused-ring (bicyclic) bond motifs is 1. The molecule has 1 fully saturated rings. The number of hydrogen-bond acceptors (Lipinski definition) is 2. The summed E-state index contributed by atoms with van der Waals surface area (Å²) < 4.78 is 5.69. The lowest BCUT2D eigenvalue weighted by atomic mass is 9.85. The highest BCUT2D eigenvalue weighted by molar-refractivity contribution is 5.99. The standard InChI is InChI=1S/C20H21NO2/c22-19(10-14-6-2-1-3-7-14)15-11-20(23-13-15)17-12-21-18-9-5-4-8-16(17)18/h4-5,8-9,11-14,21H,1-3,6-7,10H2. The maximum atomic E-state index is 12.5. The van der Waals surface area contributed by atoms with Gasteiger partial charge in [0.25, 0.3) is 0 Å². The van der Waals surface area contributed by atoms with E-state index >= 15 is 0 Å². The molecule has 3 aromatic rings. The Labute approximate surface area is 135 Å². The van der Waals surface area contributed by atoms with Crippen molar-refractivity contribution < 1.29 is 9.21 Å². The highest BCUT2D eigenvalue weighted by Crippen LogP contribution is 2.32. The molecule has 0 radical (unpaired) electrons. The molecule has 0 amide bonds. The van der Waals surface area contributed by atoms with Gasteiger partial charge in [-0.2, -0.15) is 0 Å². The van der Waals surface area contributed by atoms with Crippen LogP contribution in [0.4, 0.5) is 0 Å². The minimum atomic E-state index is 0.215. The maximum absolute atomic E-state index is 12.5. The molecular formula is C20H21NO2. The van der Waals surface area contributed by atoms with Crippen molar-refractivity contribution in [3.8, 4) is 11.3 Å². The third kappa shape index (κ3) is 2.83. The van der Waals surface area contributed by atoms with Crippen molar-refractivity contribution in [3.05, 3.63) is 48.4 Å². The lowest BCUT2D eigenvalue weighted by Crippen LogP contribution is -2.11. The van der Waals surface area contributed by atoms with E-state index < -0.39 is 0 Å². The molecule has 1 saturated carbocycles. The van der Waals surface area contributed by atoms with Crippen LogP contribution in [0, 0.1) is 5.92 Å². The minimum absolute atomic E-state index is 0.215. The SMILES string of the molecule is O=C(CC1CCCCC1)c1coc(-c2c[nH]c3ccccc23)c1. The van der Waals surface area contributed by atoms with Crippen LogP contribution in [0.3, 0.4) is 0 Å². The second-order valence-electron chi connectivity index (χ2n) is 6.58. The molecule has 3 nitrogen and oxygen atoms in total. The highest BCUT2D eigenvalue weighted by atomic mass is 16.3. The molecule has 0 unspecified atom stereocenters. The first kappa shape index (κ1) is 14.3. The van der Waals surface area contributed by atoms with Crippen molar-refractivity contribution in [2.45, 2.75) is 38.5 Å². The van der Waals surface area contributed by atoms with Crippen molar-refractivity contribution in [2.75, 3.05) is 0 Å². The third-order valence-electron chi connectivity index (χ3n) is 4.97. The molecular weight excluding hydrogens is 286 g/mol. The van der Waals surface area contributed by atoms with Crippen LogP contribution in [0.2, 0.25) is 0 Å². The van der Waals surface area contributed by atoms with E-state index in [-0.39, 0.29) is 5.78 Å². The molecule has 1 N–H and O–H groups in total. The second-order valence-corrected chi connectivity index (χ2v) is 6.58. The lowest BCUT2D eigenvalue weighted by Gasteiger charge is -2.20. The molecule has 3 heteroatoms. The fraction of sp³-hybridized carbons (Fsp3) is 0.350. The Morgan fingerprint density at radius 1 is 1.17 bits per heavy atom. The number of aromatic amines is 1. The summed E-state index contributed by atoms with van der Waals surface area (Å²) in [5.74, 6) is 1.53. The molecule has 118 valence electrons. The van der Waals surface area contributed by atoms with Crippen molar-refractivity contribution in [1.82, 2.24) is 4.98 Å². The van der Waals surface area contributed by atoms with Gasteiger partial charge in [0.15, 0.2) is 5.78 Å². The predicted octanol–water partition coefficient (Wildman–Crippen LogP) is 5.58. The van der Waals surface area contributed by atoms with Crippen LogP contribution in [0.1, 0.15) is 48.9 Å². The van der Waals surface area contributed by atoms with Gasteiger partial charge in [-0.15, -0.1) is 0 Å². The van der Waals surface area contributed by atoms with E-state index in [1.165, 1.54) is 32.1 Å². The normalized spacial score (nSPS) is 16.0. The number of ketones is 1. The maximum Gasteiger partial charge on any atom is 0.166 e. The zero-order valence-electron chi connectivity index (χ0n) is 13.2. The molecule has 0 spiro atoms. The van der Waals surface area contributed by atoms with Crippen molar-refractivity contribution >= 4 is 16.7 Å². The van der Waals surface area contributed by atoms with Gasteiger partial charge in [-0.25, -0.2) is 0 Å². The molecule has 0 atom stereocenters. The van der Waals surface area contributed by atoms with Gasteiger partial charge in [-0.1, -0.05) is 50.3 Å². The number of para-hydroxylation sites is 1. The first-order chi connectivity index (χ1) is 11.3. The second kappa shape index (κ2) is 6.07. The first-order valence-electron chi connectivity index (χ1n) is 8.49. The fourth-order valence-corrected chi connectivity index (χ4v) is 3.67. The van der Waals surface area contributed by atoms with E-state index in [2.05, 4.69) is 11.1 Å². The molecule has 23 heavy (non-hydrogen) atoms. The Bertz CT molecular complexity index is 821. The number of carbonyl (C=O) groups is 1. The molecule has 0 saturated heterocycles. The summed E-state index contributed by atoms with van der Waals surface area (Å²) >= 11 is 0. The Hall–Kier alpha value is -2.29. The largest absolute Gasteiger partial charge is 0.464 e. The van der Waals surface area contributed by atoms with Crippen molar-refractivity contribution in [2.24, 2.45) is 5.92 Å². The van der Waals surface area contributed by atoms with E-state index in [1.807, 2.05) is 30.5 Å². The first-order valence-corrected chi connectivity index (χ1v) is 8.49. The number of aromatic nitrogens is 1. The highest BCUT2D eigenvalue weighted by Gasteiger charge is 2.20. The van der Waals surface area contributed by atoms with Crippen LogP contribution in [0.15, 0.2) is 47.2 Å². The van der Waals surface area contributed by atoms with Crippen LogP contribution in [0.5, 0.6) is 0 Å². The number of rotatable bonds is 4. The van der Waals surface area contributed by atoms with Gasteiger partial charge in [0.05, 0.1) is 5.56 Å². The van der Waals surface area contributed by atoms with Crippen LogP contribution >= 0.6 is 0 Å². The van der Waals surface area contributed by atoms with Gasteiger partial charge in [0.1, 0.15) is 12.0 Å². The molecule has 0 aliphatic heterocycles. The number of nitrogens with one attached hydrogen (secondary N) is 1. The Morgan fingerprint density at radius 2 is 2.00 bits per heavy atom. The molecule has 0 bridgehead atoms. The summed E-state index contributed by atoms with van der Waals surface area (Å²) in [6.45, 7) is 0. The number of furan rings is 1. The van der Waals surface area contributed by atoms with E-state index in [1.54, 1.807) is 6.26 Å². The lowest BCUT2D eigenvalue weighted by molar-refractivity contribution is 0.0949. The molecule has 1 aliphatic carbocycles. The molecule has 1 aliphatic rings. The summed E-state index contributed by atoms with van der Waals surface area (Å²) in [5, 5.41) is 1.12. The average molecular weight is 307 g/mol. The quantitative estimate of drug-likeness (QED) is 0.639. The van der Waals surface area contributed by atoms with Gasteiger partial charge in [-0.05, 0) is 18.1 Å². The number of hydrogen-bond donors (Lipinski definition) is 1. The molecule has 2 heterocycles. The van der Waals surface area contributed by atoms with Crippen molar-refractivity contribution in [3.63, 3.8) is 0 Å². The Balaban J connectivity index is 1.55. The number of benzene rings is 1. The fourth-order valence-electron chi connectivity index (χ4n) is 3.67. The summed E-state index contributed by atoms with van der Waals surface area (Å²) in [6.07, 6.45) is 10.5. The van der Waals surface area contributed by atoms with Gasteiger partial charge in [0.2, 0.25) is 0 Å². The number of carbonyl (C=O) groups excluding carboxylic acids is 1. The number of H-pyrrole nitrogens is 1. The van der Waals surface area contributed by atoms with Gasteiger partial charge >= 0.3 is 0 Å². The van der Waals surface area contributed by atoms with Crippen LogP contribution in [0.25, 0.3) is 22.2 Å². The van der Waals surface area contributed by atoms with E-state index in [4.69, 9.17) is 4.42 Å². The topological polar surface area (TPSA) is 46.0 Å². The summed E-state index contributed by atoms with van der Waals surface area (Å²) in [4.78, 5) is 15.7. The van der Waals surface area contributed by atoms with Crippen molar-refractivity contribution in [1.29, 1.82) is 0 Å². The molecule has 1 aromatic carbocycles. The van der Waals surface area contributed by atoms with E-state index in [9.17, 15) is 4.79 Å². The average Bonchev–Trinajstić information content (AvgIpc) is 3.22. The third-order valence-corrected chi connectivity index (χ3v) is 4.97. The smallest absolute Gasteiger partial charge is 0.166 e. The Morgan fingerprint density at radius 3 is 2.87 bits per heavy atom. The van der Waals surface area contributed by atoms with E-state index in [0.29, 0.717) is 17.9 Å². The molecule has 2 aromatic heterocycles. The monoisotopic (exact) mass is 307 g/mol. The van der Waals surface area contributed by atoms with Gasteiger partial charge < -0.3 is 9.40 Å². The zero-order chi connectivity index (χ0) is 15.6. The Kier molecular flexibility index (Phi) is 3.78. The summed E-state index contributed by atoms with van der Waals surface area (Å²) in [5.41, 5.74) is 2.79. The van der Waals surface area contributed by atoms with Crippen LogP contribution in [-0.4, -0.2) is 10.8 Å². The number of Topliss-reactive ketones (excluding diaryl/α,β-unsaturated/α-hetero) is 1.